The first-order chi connectivity index (χ1) is 12.1. The molecule has 0 amide bonds. The Morgan fingerprint density at radius 3 is 2.24 bits per heavy atom. The zero-order valence-corrected chi connectivity index (χ0v) is 14.7. The molecule has 25 heavy (non-hydrogen) atoms. The van der Waals surface area contributed by atoms with Gasteiger partial charge in [0.15, 0.2) is 0 Å². The molecule has 3 heteroatoms. The number of nitrogens with two attached hydrogens (primary N) is 1. The number of hydrogen-bond donors (Lipinski definition) is 1. The fourth-order valence-electron chi connectivity index (χ4n) is 2.76. The molecule has 0 radical (unpaired) electrons. The fourth-order valence-corrected chi connectivity index (χ4v) is 2.76. The number of hydrazone groups is 1. The number of aryl methyl sites for hydroxylation is 1. The minimum absolute atomic E-state index is 0.702. The third-order valence-corrected chi connectivity index (χ3v) is 4.10. The highest BCUT2D eigenvalue weighted by molar-refractivity contribution is 6.03. The Labute approximate surface area is 149 Å². The van der Waals surface area contributed by atoms with Gasteiger partial charge >= 0.3 is 0 Å². The van der Waals surface area contributed by atoms with Gasteiger partial charge in [-0.25, -0.2) is 0 Å². The van der Waals surface area contributed by atoms with E-state index in [0.29, 0.717) is 6.54 Å². The largest absolute Gasteiger partial charge is 0.398 e. The normalized spacial score (nSPS) is 11.4. The van der Waals surface area contributed by atoms with Gasteiger partial charge in [0.2, 0.25) is 0 Å². The monoisotopic (exact) mass is 329 g/mol. The summed E-state index contributed by atoms with van der Waals surface area (Å²) in [6.45, 7) is 4.77. The Bertz CT molecular complexity index is 855. The fraction of sp³-hybridized carbons (Fsp3) is 0.136. The topological polar surface area (TPSA) is 41.6 Å². The standard InChI is InChI=1S/C22H23N3/c1-17-13-14-22(23)21(15-17)18(2)24-25(20-11-7-4-8-12-20)16-19-9-5-3-6-10-19/h3-15H,16,23H2,1-2H3/b24-18+. The average Bonchev–Trinajstić information content (AvgIpc) is 2.64. The minimum atomic E-state index is 0.702. The number of hydrogen-bond acceptors (Lipinski definition) is 3. The molecular formula is C22H23N3. The molecule has 2 N–H and O–H groups in total. The molecule has 0 aliphatic carbocycles. The molecule has 0 saturated heterocycles. The highest BCUT2D eigenvalue weighted by Gasteiger charge is 2.09. The van der Waals surface area contributed by atoms with E-state index in [1.807, 2.05) is 60.5 Å². The van der Waals surface area contributed by atoms with E-state index < -0.39 is 0 Å². The van der Waals surface area contributed by atoms with E-state index in [1.165, 1.54) is 11.1 Å². The number of rotatable bonds is 5. The number of anilines is 2. The molecule has 0 spiro atoms. The van der Waals surface area contributed by atoms with Crippen molar-refractivity contribution in [2.75, 3.05) is 10.7 Å². The lowest BCUT2D eigenvalue weighted by molar-refractivity contribution is 0.854. The molecule has 0 bridgehead atoms. The minimum Gasteiger partial charge on any atom is -0.398 e. The predicted octanol–water partition coefficient (Wildman–Crippen LogP) is 5.01. The summed E-state index contributed by atoms with van der Waals surface area (Å²) in [7, 11) is 0. The van der Waals surface area contributed by atoms with Crippen molar-refractivity contribution in [2.24, 2.45) is 5.10 Å². The maximum atomic E-state index is 6.16. The third kappa shape index (κ3) is 4.27. The lowest BCUT2D eigenvalue weighted by Crippen LogP contribution is -2.18. The first kappa shape index (κ1) is 16.8. The van der Waals surface area contributed by atoms with Crippen molar-refractivity contribution in [2.45, 2.75) is 20.4 Å². The highest BCUT2D eigenvalue weighted by atomic mass is 15.5. The van der Waals surface area contributed by atoms with Crippen LogP contribution in [0.4, 0.5) is 11.4 Å². The van der Waals surface area contributed by atoms with E-state index in [1.54, 1.807) is 0 Å². The highest BCUT2D eigenvalue weighted by Crippen LogP contribution is 2.20. The lowest BCUT2D eigenvalue weighted by Gasteiger charge is -2.21. The summed E-state index contributed by atoms with van der Waals surface area (Å²) in [5.41, 5.74) is 12.2. The Hall–Kier alpha value is -3.07. The van der Waals surface area contributed by atoms with Crippen LogP contribution in [0.25, 0.3) is 0 Å². The van der Waals surface area contributed by atoms with Crippen molar-refractivity contribution >= 4 is 17.1 Å². The summed E-state index contributed by atoms with van der Waals surface area (Å²) >= 11 is 0. The first-order valence-corrected chi connectivity index (χ1v) is 8.42. The molecular weight excluding hydrogens is 306 g/mol. The molecule has 0 heterocycles. The molecule has 3 rings (SSSR count). The lowest BCUT2D eigenvalue weighted by atomic mass is 10.1. The second kappa shape index (κ2) is 7.67. The quantitative estimate of drug-likeness (QED) is 0.406. The number of nitrogen functional groups attached to an aromatic ring is 1. The van der Waals surface area contributed by atoms with Gasteiger partial charge in [-0.05, 0) is 43.7 Å². The third-order valence-electron chi connectivity index (χ3n) is 4.10. The van der Waals surface area contributed by atoms with Crippen molar-refractivity contribution in [3.63, 3.8) is 0 Å². The SMILES string of the molecule is C/C(=N\N(Cc1ccccc1)c1ccccc1)c1cc(C)ccc1N. The maximum Gasteiger partial charge on any atom is 0.0671 e. The van der Waals surface area contributed by atoms with E-state index in [9.17, 15) is 0 Å². The first-order valence-electron chi connectivity index (χ1n) is 8.42. The summed E-state index contributed by atoms with van der Waals surface area (Å²) in [5.74, 6) is 0. The van der Waals surface area contributed by atoms with Gasteiger partial charge in [0, 0.05) is 11.3 Å². The molecule has 3 nitrogen and oxygen atoms in total. The van der Waals surface area contributed by atoms with Crippen LogP contribution in [0, 0.1) is 6.92 Å². The molecule has 0 saturated carbocycles. The second-order valence-electron chi connectivity index (χ2n) is 6.15. The Balaban J connectivity index is 1.98. The number of benzene rings is 3. The summed E-state index contributed by atoms with van der Waals surface area (Å²) in [5, 5.41) is 6.90. The number of para-hydroxylation sites is 1. The molecule has 3 aromatic rings. The summed E-state index contributed by atoms with van der Waals surface area (Å²) in [6, 6.07) is 26.6. The van der Waals surface area contributed by atoms with Gasteiger partial charge in [0.05, 0.1) is 17.9 Å². The maximum absolute atomic E-state index is 6.16. The average molecular weight is 329 g/mol. The zero-order chi connectivity index (χ0) is 17.6. The zero-order valence-electron chi connectivity index (χ0n) is 14.7. The summed E-state index contributed by atoms with van der Waals surface area (Å²) < 4.78 is 0. The van der Waals surface area contributed by atoms with E-state index in [0.717, 1.165) is 22.6 Å². The van der Waals surface area contributed by atoms with Gasteiger partial charge in [-0.15, -0.1) is 0 Å². The molecule has 0 atom stereocenters. The van der Waals surface area contributed by atoms with Crippen LogP contribution in [0.2, 0.25) is 0 Å². The summed E-state index contributed by atoms with van der Waals surface area (Å²) in [6.07, 6.45) is 0. The van der Waals surface area contributed by atoms with Gasteiger partial charge in [-0.1, -0.05) is 60.2 Å². The molecule has 0 fully saturated rings. The smallest absolute Gasteiger partial charge is 0.0671 e. The van der Waals surface area contributed by atoms with Crippen LogP contribution in [0.5, 0.6) is 0 Å². The van der Waals surface area contributed by atoms with Crippen LogP contribution in [-0.4, -0.2) is 5.71 Å². The van der Waals surface area contributed by atoms with Crippen LogP contribution in [0.1, 0.15) is 23.6 Å². The van der Waals surface area contributed by atoms with E-state index in [4.69, 9.17) is 10.8 Å². The van der Waals surface area contributed by atoms with Crippen LogP contribution in [0.15, 0.2) is 84.0 Å². The van der Waals surface area contributed by atoms with Crippen molar-refractivity contribution in [3.8, 4) is 0 Å². The molecule has 3 aromatic carbocycles. The second-order valence-corrected chi connectivity index (χ2v) is 6.15. The van der Waals surface area contributed by atoms with Crippen molar-refractivity contribution in [1.29, 1.82) is 0 Å². The van der Waals surface area contributed by atoms with Gasteiger partial charge < -0.3 is 5.73 Å². The predicted molar refractivity (Wildman–Crippen MR) is 107 cm³/mol. The van der Waals surface area contributed by atoms with Crippen LogP contribution < -0.4 is 10.7 Å². The summed E-state index contributed by atoms with van der Waals surface area (Å²) in [4.78, 5) is 0. The van der Waals surface area contributed by atoms with E-state index in [2.05, 4.69) is 37.3 Å². The molecule has 0 aliphatic heterocycles. The van der Waals surface area contributed by atoms with Crippen LogP contribution >= 0.6 is 0 Å². The van der Waals surface area contributed by atoms with Crippen LogP contribution in [0.3, 0.4) is 0 Å². The number of nitrogens with zero attached hydrogens (tertiary/aromatic N) is 2. The van der Waals surface area contributed by atoms with Crippen molar-refractivity contribution in [1.82, 2.24) is 0 Å². The molecule has 0 aliphatic rings. The molecule has 0 unspecified atom stereocenters. The Kier molecular flexibility index (Phi) is 5.14. The Morgan fingerprint density at radius 2 is 1.56 bits per heavy atom. The van der Waals surface area contributed by atoms with Gasteiger partial charge in [-0.3, -0.25) is 5.01 Å². The van der Waals surface area contributed by atoms with Gasteiger partial charge in [0.25, 0.3) is 0 Å². The molecule has 126 valence electrons. The van der Waals surface area contributed by atoms with Gasteiger partial charge in [0.1, 0.15) is 0 Å². The van der Waals surface area contributed by atoms with E-state index in [-0.39, 0.29) is 0 Å². The van der Waals surface area contributed by atoms with Gasteiger partial charge in [-0.2, -0.15) is 5.10 Å². The van der Waals surface area contributed by atoms with E-state index >= 15 is 0 Å². The van der Waals surface area contributed by atoms with Crippen molar-refractivity contribution in [3.05, 3.63) is 95.6 Å². The van der Waals surface area contributed by atoms with Crippen LogP contribution in [-0.2, 0) is 6.54 Å². The molecule has 0 aromatic heterocycles. The van der Waals surface area contributed by atoms with Crippen molar-refractivity contribution < 1.29 is 0 Å². The Morgan fingerprint density at radius 1 is 0.920 bits per heavy atom.